The molecule has 0 spiro atoms. The van der Waals surface area contributed by atoms with Gasteiger partial charge in [-0.3, -0.25) is 4.79 Å². The van der Waals surface area contributed by atoms with Gasteiger partial charge >= 0.3 is 0 Å². The first-order chi connectivity index (χ1) is 8.64. The molecule has 2 unspecified atom stereocenters. The van der Waals surface area contributed by atoms with Gasteiger partial charge in [-0.2, -0.15) is 0 Å². The highest BCUT2D eigenvalue weighted by atomic mass is 16.2. The molecule has 0 aromatic rings. The number of likely N-dealkylation sites (tertiary alicyclic amines) is 1. The van der Waals surface area contributed by atoms with Crippen LogP contribution < -0.4 is 10.6 Å². The van der Waals surface area contributed by atoms with Crippen molar-refractivity contribution in [2.45, 2.75) is 33.1 Å². The molecule has 2 aliphatic heterocycles. The molecule has 2 fully saturated rings. The Morgan fingerprint density at radius 3 is 3.00 bits per heavy atom. The second kappa shape index (κ2) is 6.02. The molecule has 2 atom stereocenters. The molecule has 2 rings (SSSR count). The van der Waals surface area contributed by atoms with E-state index in [-0.39, 0.29) is 11.3 Å². The van der Waals surface area contributed by atoms with Crippen LogP contribution in [0.5, 0.6) is 0 Å². The zero-order valence-electron chi connectivity index (χ0n) is 11.8. The SMILES string of the molecule is CCN1CCC(CNC(=O)C2(C)CCCNC2)C1. The Hall–Kier alpha value is -0.610. The molecule has 0 bridgehead atoms. The van der Waals surface area contributed by atoms with Crippen molar-refractivity contribution in [1.82, 2.24) is 15.5 Å². The number of amides is 1. The maximum absolute atomic E-state index is 12.3. The molecule has 0 aromatic heterocycles. The van der Waals surface area contributed by atoms with Crippen LogP contribution in [0, 0.1) is 11.3 Å². The van der Waals surface area contributed by atoms with E-state index in [2.05, 4.69) is 29.4 Å². The number of hydrogen-bond donors (Lipinski definition) is 2. The second-order valence-corrected chi connectivity index (χ2v) is 6.10. The Bertz CT molecular complexity index is 287. The van der Waals surface area contributed by atoms with Gasteiger partial charge < -0.3 is 15.5 Å². The second-order valence-electron chi connectivity index (χ2n) is 6.10. The summed E-state index contributed by atoms with van der Waals surface area (Å²) in [4.78, 5) is 14.7. The van der Waals surface area contributed by atoms with Gasteiger partial charge in [0.2, 0.25) is 5.91 Å². The van der Waals surface area contributed by atoms with Crippen molar-refractivity contribution in [3.63, 3.8) is 0 Å². The third kappa shape index (κ3) is 3.23. The minimum absolute atomic E-state index is 0.193. The summed E-state index contributed by atoms with van der Waals surface area (Å²) in [6.45, 7) is 10.5. The van der Waals surface area contributed by atoms with Gasteiger partial charge in [-0.25, -0.2) is 0 Å². The predicted molar refractivity (Wildman–Crippen MR) is 73.4 cm³/mol. The lowest BCUT2D eigenvalue weighted by molar-refractivity contribution is -0.131. The van der Waals surface area contributed by atoms with E-state index >= 15 is 0 Å². The lowest BCUT2D eigenvalue weighted by atomic mass is 9.82. The van der Waals surface area contributed by atoms with Crippen molar-refractivity contribution in [3.8, 4) is 0 Å². The fraction of sp³-hybridized carbons (Fsp3) is 0.929. The number of nitrogens with zero attached hydrogens (tertiary/aromatic N) is 1. The number of nitrogens with one attached hydrogen (secondary N) is 2. The van der Waals surface area contributed by atoms with Gasteiger partial charge in [0.05, 0.1) is 5.41 Å². The van der Waals surface area contributed by atoms with Crippen molar-refractivity contribution >= 4 is 5.91 Å². The van der Waals surface area contributed by atoms with E-state index in [1.807, 2.05) is 0 Å². The summed E-state index contributed by atoms with van der Waals surface area (Å²) >= 11 is 0. The quantitative estimate of drug-likeness (QED) is 0.780. The first kappa shape index (κ1) is 13.8. The fourth-order valence-corrected chi connectivity index (χ4v) is 3.07. The number of piperidine rings is 1. The smallest absolute Gasteiger partial charge is 0.227 e. The lowest BCUT2D eigenvalue weighted by Gasteiger charge is -2.33. The Kier molecular flexibility index (Phi) is 4.62. The highest BCUT2D eigenvalue weighted by Gasteiger charge is 2.34. The van der Waals surface area contributed by atoms with Gasteiger partial charge in [-0.15, -0.1) is 0 Å². The van der Waals surface area contributed by atoms with Gasteiger partial charge in [0.1, 0.15) is 0 Å². The van der Waals surface area contributed by atoms with Gasteiger partial charge in [-0.05, 0) is 51.7 Å². The molecule has 2 aliphatic rings. The van der Waals surface area contributed by atoms with Crippen LogP contribution in [0.25, 0.3) is 0 Å². The summed E-state index contributed by atoms with van der Waals surface area (Å²) in [6.07, 6.45) is 3.34. The Balaban J connectivity index is 1.74. The molecule has 0 aromatic carbocycles. The van der Waals surface area contributed by atoms with E-state index in [9.17, 15) is 4.79 Å². The third-order valence-corrected chi connectivity index (χ3v) is 4.51. The van der Waals surface area contributed by atoms with Gasteiger partial charge in [-0.1, -0.05) is 6.92 Å². The molecule has 2 heterocycles. The summed E-state index contributed by atoms with van der Waals surface area (Å²) in [7, 11) is 0. The molecule has 0 radical (unpaired) electrons. The topological polar surface area (TPSA) is 44.4 Å². The third-order valence-electron chi connectivity index (χ3n) is 4.51. The van der Waals surface area contributed by atoms with E-state index in [1.165, 1.54) is 13.0 Å². The molecule has 18 heavy (non-hydrogen) atoms. The van der Waals surface area contributed by atoms with Crippen LogP contribution in [0.15, 0.2) is 0 Å². The summed E-state index contributed by atoms with van der Waals surface area (Å²) in [5, 5.41) is 6.51. The van der Waals surface area contributed by atoms with Crippen LogP contribution in [0.4, 0.5) is 0 Å². The molecule has 4 heteroatoms. The Morgan fingerprint density at radius 1 is 1.56 bits per heavy atom. The zero-order chi connectivity index (χ0) is 13.0. The Labute approximate surface area is 110 Å². The highest BCUT2D eigenvalue weighted by Crippen LogP contribution is 2.25. The van der Waals surface area contributed by atoms with Gasteiger partial charge in [0.25, 0.3) is 0 Å². The maximum Gasteiger partial charge on any atom is 0.227 e. The average Bonchev–Trinajstić information content (AvgIpc) is 2.84. The fourth-order valence-electron chi connectivity index (χ4n) is 3.07. The van der Waals surface area contributed by atoms with Crippen LogP contribution in [0.3, 0.4) is 0 Å². The highest BCUT2D eigenvalue weighted by molar-refractivity contribution is 5.82. The van der Waals surface area contributed by atoms with Crippen LogP contribution in [0.2, 0.25) is 0 Å². The van der Waals surface area contributed by atoms with E-state index < -0.39 is 0 Å². The van der Waals surface area contributed by atoms with Crippen LogP contribution in [-0.4, -0.2) is 50.1 Å². The summed E-state index contributed by atoms with van der Waals surface area (Å²) < 4.78 is 0. The Morgan fingerprint density at radius 2 is 2.39 bits per heavy atom. The number of carbonyl (C=O) groups excluding carboxylic acids is 1. The summed E-state index contributed by atoms with van der Waals surface area (Å²) in [5.41, 5.74) is -0.193. The molecule has 1 amide bonds. The van der Waals surface area contributed by atoms with Crippen LogP contribution >= 0.6 is 0 Å². The van der Waals surface area contributed by atoms with Gasteiger partial charge in [0.15, 0.2) is 0 Å². The van der Waals surface area contributed by atoms with Crippen molar-refractivity contribution in [2.24, 2.45) is 11.3 Å². The van der Waals surface area contributed by atoms with Crippen molar-refractivity contribution in [3.05, 3.63) is 0 Å². The monoisotopic (exact) mass is 253 g/mol. The largest absolute Gasteiger partial charge is 0.355 e. The molecule has 2 N–H and O–H groups in total. The van der Waals surface area contributed by atoms with E-state index in [0.29, 0.717) is 5.92 Å². The minimum Gasteiger partial charge on any atom is -0.355 e. The predicted octanol–water partition coefficient (Wildman–Crippen LogP) is 0.834. The molecular weight excluding hydrogens is 226 g/mol. The number of carbonyl (C=O) groups is 1. The minimum atomic E-state index is -0.193. The van der Waals surface area contributed by atoms with Crippen molar-refractivity contribution in [2.75, 3.05) is 39.3 Å². The van der Waals surface area contributed by atoms with E-state index in [1.54, 1.807) is 0 Å². The van der Waals surface area contributed by atoms with Crippen LogP contribution in [-0.2, 0) is 4.79 Å². The molecular formula is C14H27N3O. The zero-order valence-corrected chi connectivity index (χ0v) is 11.8. The number of rotatable bonds is 4. The average molecular weight is 253 g/mol. The maximum atomic E-state index is 12.3. The number of hydrogen-bond acceptors (Lipinski definition) is 3. The van der Waals surface area contributed by atoms with Gasteiger partial charge in [0, 0.05) is 19.6 Å². The summed E-state index contributed by atoms with van der Waals surface area (Å²) in [5.74, 6) is 0.888. The first-order valence-corrected chi connectivity index (χ1v) is 7.35. The van der Waals surface area contributed by atoms with Crippen molar-refractivity contribution < 1.29 is 4.79 Å². The lowest BCUT2D eigenvalue weighted by Crippen LogP contribution is -2.49. The summed E-state index contributed by atoms with van der Waals surface area (Å²) in [6, 6.07) is 0. The van der Waals surface area contributed by atoms with E-state index in [0.717, 1.165) is 45.6 Å². The molecule has 4 nitrogen and oxygen atoms in total. The van der Waals surface area contributed by atoms with Crippen molar-refractivity contribution in [1.29, 1.82) is 0 Å². The van der Waals surface area contributed by atoms with Crippen LogP contribution in [0.1, 0.15) is 33.1 Å². The first-order valence-electron chi connectivity index (χ1n) is 7.35. The molecule has 0 saturated carbocycles. The normalized spacial score (nSPS) is 33.6. The molecule has 0 aliphatic carbocycles. The molecule has 104 valence electrons. The molecule has 2 saturated heterocycles. The van der Waals surface area contributed by atoms with E-state index in [4.69, 9.17) is 0 Å². The standard InChI is InChI=1S/C14H27N3O/c1-3-17-8-5-12(10-17)9-16-13(18)14(2)6-4-7-15-11-14/h12,15H,3-11H2,1-2H3,(H,16,18).